The maximum absolute atomic E-state index is 12.6. The first-order valence-corrected chi connectivity index (χ1v) is 9.07. The molecule has 1 atom stereocenters. The lowest BCUT2D eigenvalue weighted by Crippen LogP contribution is -2.18. The third kappa shape index (κ3) is 4.94. The molecule has 1 aromatic heterocycles. The molecule has 0 radical (unpaired) electrons. The summed E-state index contributed by atoms with van der Waals surface area (Å²) in [5.41, 5.74) is 2.08. The van der Waals surface area contributed by atoms with Crippen LogP contribution in [0.2, 0.25) is 0 Å². The number of nitrogens with one attached hydrogen (secondary N) is 2. The smallest absolute Gasteiger partial charge is 0.256 e. The van der Waals surface area contributed by atoms with E-state index in [9.17, 15) is 9.59 Å². The summed E-state index contributed by atoms with van der Waals surface area (Å²) in [5.74, 6) is 0.669. The fourth-order valence-corrected chi connectivity index (χ4v) is 2.60. The van der Waals surface area contributed by atoms with E-state index >= 15 is 0 Å². The average molecular weight is 356 g/mol. The van der Waals surface area contributed by atoms with Crippen LogP contribution in [0.1, 0.15) is 62.5 Å². The first-order chi connectivity index (χ1) is 12.3. The number of carbonyl (C=O) groups excluding carboxylic acids is 2. The molecule has 0 bridgehead atoms. The number of hydrogen-bond acceptors (Lipinski definition) is 3. The molecule has 0 saturated carbocycles. The van der Waals surface area contributed by atoms with Crippen molar-refractivity contribution in [3.63, 3.8) is 0 Å². The van der Waals surface area contributed by atoms with Crippen LogP contribution in [0.25, 0.3) is 0 Å². The Morgan fingerprint density at radius 2 is 1.88 bits per heavy atom. The third-order valence-electron chi connectivity index (χ3n) is 4.29. The summed E-state index contributed by atoms with van der Waals surface area (Å²) in [4.78, 5) is 24.7. The van der Waals surface area contributed by atoms with Crippen molar-refractivity contribution in [2.45, 2.75) is 53.5 Å². The second-order valence-corrected chi connectivity index (χ2v) is 7.05. The number of benzene rings is 1. The highest BCUT2D eigenvalue weighted by Gasteiger charge is 2.14. The van der Waals surface area contributed by atoms with Crippen molar-refractivity contribution < 1.29 is 9.59 Å². The monoisotopic (exact) mass is 356 g/mol. The van der Waals surface area contributed by atoms with E-state index in [1.54, 1.807) is 29.1 Å². The van der Waals surface area contributed by atoms with Crippen molar-refractivity contribution in [3.05, 3.63) is 41.6 Å². The van der Waals surface area contributed by atoms with E-state index in [0.717, 1.165) is 12.0 Å². The first-order valence-electron chi connectivity index (χ1n) is 9.07. The van der Waals surface area contributed by atoms with Gasteiger partial charge in [0.2, 0.25) is 5.91 Å². The molecular formula is C20H28N4O2. The van der Waals surface area contributed by atoms with Crippen LogP contribution >= 0.6 is 0 Å². The van der Waals surface area contributed by atoms with Gasteiger partial charge in [0, 0.05) is 23.7 Å². The number of amides is 2. The largest absolute Gasteiger partial charge is 0.326 e. The van der Waals surface area contributed by atoms with Gasteiger partial charge in [-0.2, -0.15) is 5.10 Å². The van der Waals surface area contributed by atoms with E-state index < -0.39 is 0 Å². The molecule has 0 spiro atoms. The summed E-state index contributed by atoms with van der Waals surface area (Å²) in [6.07, 6.45) is 3.04. The molecule has 1 heterocycles. The standard InChI is InChI=1S/C20H28N4O2/c1-6-15(5)24-18(9-10-21-24)23-20(26)16-8-7-14(4)17(12-16)22-19(25)11-13(2)3/h7-10,12-13,15H,6,11H2,1-5H3,(H,22,25)(H,23,26)/t15-/m0/s1. The number of aromatic nitrogens is 2. The van der Waals surface area contributed by atoms with Crippen LogP contribution < -0.4 is 10.6 Å². The molecule has 6 heteroatoms. The molecule has 0 fully saturated rings. The number of hydrogen-bond donors (Lipinski definition) is 2. The maximum atomic E-state index is 12.6. The molecule has 140 valence electrons. The van der Waals surface area contributed by atoms with E-state index in [2.05, 4.69) is 29.6 Å². The zero-order chi connectivity index (χ0) is 19.3. The minimum Gasteiger partial charge on any atom is -0.326 e. The van der Waals surface area contributed by atoms with Gasteiger partial charge in [-0.15, -0.1) is 0 Å². The Balaban J connectivity index is 2.16. The third-order valence-corrected chi connectivity index (χ3v) is 4.29. The van der Waals surface area contributed by atoms with Gasteiger partial charge < -0.3 is 10.6 Å². The fourth-order valence-electron chi connectivity index (χ4n) is 2.60. The summed E-state index contributed by atoms with van der Waals surface area (Å²) in [5, 5.41) is 10.1. The molecule has 6 nitrogen and oxygen atoms in total. The molecule has 2 rings (SSSR count). The SMILES string of the molecule is CC[C@H](C)n1nccc1NC(=O)c1ccc(C)c(NC(=O)CC(C)C)c1. The Kier molecular flexibility index (Phi) is 6.55. The number of anilines is 2. The number of aryl methyl sites for hydroxylation is 1. The summed E-state index contributed by atoms with van der Waals surface area (Å²) < 4.78 is 1.80. The van der Waals surface area contributed by atoms with E-state index in [0.29, 0.717) is 23.5 Å². The van der Waals surface area contributed by atoms with Crippen molar-refractivity contribution in [3.8, 4) is 0 Å². The summed E-state index contributed by atoms with van der Waals surface area (Å²) >= 11 is 0. The Labute approximate surface area is 155 Å². The molecule has 2 amide bonds. The Bertz CT molecular complexity index is 780. The van der Waals surface area contributed by atoms with Crippen molar-refractivity contribution in [2.24, 2.45) is 5.92 Å². The molecule has 2 N–H and O–H groups in total. The Hall–Kier alpha value is -2.63. The lowest BCUT2D eigenvalue weighted by molar-refractivity contribution is -0.116. The fraction of sp³-hybridized carbons (Fsp3) is 0.450. The van der Waals surface area contributed by atoms with Crippen LogP contribution in [0.15, 0.2) is 30.5 Å². The van der Waals surface area contributed by atoms with Gasteiger partial charge in [0.15, 0.2) is 0 Å². The second-order valence-electron chi connectivity index (χ2n) is 7.05. The van der Waals surface area contributed by atoms with Gasteiger partial charge in [-0.25, -0.2) is 4.68 Å². The quantitative estimate of drug-likeness (QED) is 0.772. The molecule has 0 unspecified atom stereocenters. The maximum Gasteiger partial charge on any atom is 0.256 e. The van der Waals surface area contributed by atoms with Crippen molar-refractivity contribution in [1.29, 1.82) is 0 Å². The first kappa shape index (κ1) is 19.7. The van der Waals surface area contributed by atoms with Crippen LogP contribution in [0.4, 0.5) is 11.5 Å². The lowest BCUT2D eigenvalue weighted by Gasteiger charge is -2.15. The highest BCUT2D eigenvalue weighted by Crippen LogP contribution is 2.20. The minimum absolute atomic E-state index is 0.0458. The topological polar surface area (TPSA) is 76.0 Å². The van der Waals surface area contributed by atoms with E-state index in [1.807, 2.05) is 26.8 Å². The van der Waals surface area contributed by atoms with Gasteiger partial charge in [0.05, 0.1) is 12.2 Å². The van der Waals surface area contributed by atoms with E-state index in [-0.39, 0.29) is 23.8 Å². The molecule has 1 aromatic carbocycles. The zero-order valence-electron chi connectivity index (χ0n) is 16.2. The lowest BCUT2D eigenvalue weighted by atomic mass is 10.1. The Morgan fingerprint density at radius 3 is 2.54 bits per heavy atom. The van der Waals surface area contributed by atoms with E-state index in [4.69, 9.17) is 0 Å². The molecule has 0 aliphatic rings. The van der Waals surface area contributed by atoms with Crippen molar-refractivity contribution in [2.75, 3.05) is 10.6 Å². The summed E-state index contributed by atoms with van der Waals surface area (Å²) in [6.45, 7) is 10.0. The normalized spacial score (nSPS) is 12.1. The minimum atomic E-state index is -0.227. The summed E-state index contributed by atoms with van der Waals surface area (Å²) in [7, 11) is 0. The molecule has 0 aliphatic carbocycles. The van der Waals surface area contributed by atoms with E-state index in [1.165, 1.54) is 0 Å². The highest BCUT2D eigenvalue weighted by atomic mass is 16.2. The molecule has 2 aromatic rings. The predicted molar refractivity (Wildman–Crippen MR) is 104 cm³/mol. The number of carbonyl (C=O) groups is 2. The van der Waals surface area contributed by atoms with Gasteiger partial charge in [0.25, 0.3) is 5.91 Å². The molecule has 26 heavy (non-hydrogen) atoms. The van der Waals surface area contributed by atoms with Crippen molar-refractivity contribution in [1.82, 2.24) is 9.78 Å². The number of rotatable bonds is 7. The second kappa shape index (κ2) is 8.65. The van der Waals surface area contributed by atoms with Crippen molar-refractivity contribution >= 4 is 23.3 Å². The molecule has 0 saturated heterocycles. The van der Waals surface area contributed by atoms with Gasteiger partial charge in [-0.05, 0) is 43.9 Å². The zero-order valence-corrected chi connectivity index (χ0v) is 16.2. The average Bonchev–Trinajstić information content (AvgIpc) is 3.03. The van der Waals surface area contributed by atoms with Crippen LogP contribution in [0, 0.1) is 12.8 Å². The van der Waals surface area contributed by atoms with Gasteiger partial charge in [-0.1, -0.05) is 26.8 Å². The van der Waals surface area contributed by atoms with Gasteiger partial charge in [0.1, 0.15) is 5.82 Å². The van der Waals surface area contributed by atoms with Gasteiger partial charge >= 0.3 is 0 Å². The van der Waals surface area contributed by atoms with Crippen LogP contribution in [0.3, 0.4) is 0 Å². The molecular weight excluding hydrogens is 328 g/mol. The van der Waals surface area contributed by atoms with Gasteiger partial charge in [-0.3, -0.25) is 9.59 Å². The van der Waals surface area contributed by atoms with Crippen LogP contribution in [-0.2, 0) is 4.79 Å². The molecule has 0 aliphatic heterocycles. The highest BCUT2D eigenvalue weighted by molar-refractivity contribution is 6.05. The Morgan fingerprint density at radius 1 is 1.15 bits per heavy atom. The van der Waals surface area contributed by atoms with Crippen LogP contribution in [-0.4, -0.2) is 21.6 Å². The van der Waals surface area contributed by atoms with Crippen LogP contribution in [0.5, 0.6) is 0 Å². The predicted octanol–water partition coefficient (Wildman–Crippen LogP) is 4.40. The number of nitrogens with zero attached hydrogens (tertiary/aromatic N) is 2. The summed E-state index contributed by atoms with van der Waals surface area (Å²) in [6, 6.07) is 7.29.